The molecule has 4 amide bonds. The number of ether oxygens (including phenoxy) is 4. The molecule has 4 N–H and O–H groups in total. The maximum atomic E-state index is 13.2. The van der Waals surface area contributed by atoms with Gasteiger partial charge in [0.25, 0.3) is 15.6 Å². The van der Waals surface area contributed by atoms with Crippen LogP contribution in [0.15, 0.2) is 24.3 Å². The van der Waals surface area contributed by atoms with E-state index in [9.17, 15) is 57.3 Å². The van der Waals surface area contributed by atoms with Crippen LogP contribution in [-0.2, 0) is 84.5 Å². The molecule has 0 aliphatic carbocycles. The number of carbonyl (C=O) groups excluding carboxylic acids is 8. The molecule has 0 heterocycles. The quantitative estimate of drug-likeness (QED) is 0.0110. The molecule has 113 heavy (non-hydrogen) atoms. The van der Waals surface area contributed by atoms with Crippen molar-refractivity contribution in [1.82, 2.24) is 21.3 Å². The molecule has 2 unspecified atom stereocenters. The fourth-order valence-electron chi connectivity index (χ4n) is 12.4. The van der Waals surface area contributed by atoms with Crippen molar-refractivity contribution >= 4 is 62.8 Å². The Hall–Kier alpha value is -2.22. The average Bonchev–Trinajstić information content (AvgIpc) is 0.908. The number of unbranched alkanes of at least 4 members (excludes halogenated alkanes) is 34. The number of allylic oxidation sites excluding steroid dienone is 4. The van der Waals surface area contributed by atoms with Crippen LogP contribution in [-0.4, -0.2) is 137 Å². The van der Waals surface area contributed by atoms with Crippen molar-refractivity contribution in [3.8, 4) is 0 Å². The third kappa shape index (κ3) is 80.6. The van der Waals surface area contributed by atoms with E-state index in [-0.39, 0.29) is 148 Å². The van der Waals surface area contributed by atoms with Gasteiger partial charge in [0, 0.05) is 51.6 Å². The number of Topliss-reactive ketones (excluding diaryl/α,β-unsaturated/α-hetero) is 2. The smallest absolute Gasteiger partial charge is 0.756 e. The second kappa shape index (κ2) is 83.4. The van der Waals surface area contributed by atoms with E-state index in [0.717, 1.165) is 154 Å². The van der Waals surface area contributed by atoms with Gasteiger partial charge in [-0.1, -0.05) is 258 Å². The second-order valence-corrected chi connectivity index (χ2v) is 32.8. The Morgan fingerprint density at radius 2 is 0.611 bits per heavy atom. The van der Waals surface area contributed by atoms with Crippen LogP contribution >= 0.6 is 15.6 Å². The van der Waals surface area contributed by atoms with E-state index < -0.39 is 109 Å². The normalized spacial score (nSPS) is 13.6. The van der Waals surface area contributed by atoms with Gasteiger partial charge < -0.3 is 68.1 Å². The van der Waals surface area contributed by atoms with E-state index in [1.54, 1.807) is 0 Å². The molecule has 0 spiro atoms. The maximum Gasteiger partial charge on any atom is 1.00 e. The first-order valence-corrected chi connectivity index (χ1v) is 46.8. The van der Waals surface area contributed by atoms with E-state index in [1.165, 1.54) is 89.9 Å². The Balaban J connectivity index is -0.0000605. The van der Waals surface area contributed by atoms with Crippen molar-refractivity contribution in [2.24, 2.45) is 0 Å². The van der Waals surface area contributed by atoms with Gasteiger partial charge in [-0.05, 0) is 89.9 Å². The predicted molar refractivity (Wildman–Crippen MR) is 437 cm³/mol. The number of phosphoric ester groups is 2. The minimum Gasteiger partial charge on any atom is -0.756 e. The van der Waals surface area contributed by atoms with Crippen LogP contribution in [0.2, 0.25) is 0 Å². The molecular formula is C85H156N4Na2O20P2. The number of carbonyl (C=O) groups is 8. The Kier molecular flexibility index (Phi) is 84.9. The van der Waals surface area contributed by atoms with E-state index in [1.807, 2.05) is 0 Å². The summed E-state index contributed by atoms with van der Waals surface area (Å²) in [7, 11) is -10.2. The Morgan fingerprint density at radius 1 is 0.319 bits per heavy atom. The molecular weight excluding hydrogens is 1500 g/mol. The van der Waals surface area contributed by atoms with E-state index in [2.05, 4.69) is 87.1 Å². The van der Waals surface area contributed by atoms with Crippen LogP contribution in [0.25, 0.3) is 0 Å². The van der Waals surface area contributed by atoms with Crippen molar-refractivity contribution in [3.63, 3.8) is 0 Å². The molecule has 6 atom stereocenters. The van der Waals surface area contributed by atoms with Crippen molar-refractivity contribution in [1.29, 1.82) is 0 Å². The molecule has 28 heteroatoms. The third-order valence-electron chi connectivity index (χ3n) is 19.0. The number of ketones is 2. The molecule has 0 aromatic heterocycles. The molecule has 0 rings (SSSR count). The van der Waals surface area contributed by atoms with Gasteiger partial charge in [0.15, 0.2) is 0 Å². The Morgan fingerprint density at radius 3 is 0.938 bits per heavy atom. The summed E-state index contributed by atoms with van der Waals surface area (Å²) < 4.78 is 70.2. The van der Waals surface area contributed by atoms with E-state index in [0.29, 0.717) is 51.4 Å². The van der Waals surface area contributed by atoms with Crippen LogP contribution in [0.4, 0.5) is 0 Å². The second-order valence-electron chi connectivity index (χ2n) is 29.9. The number of phosphoric acid groups is 2. The monoisotopic (exact) mass is 1660 g/mol. The Bertz CT molecular complexity index is 2340. The summed E-state index contributed by atoms with van der Waals surface area (Å²) in [5, 5.41) is 10.1. The molecule has 0 bridgehead atoms. The molecule has 0 saturated heterocycles. The number of esters is 2. The van der Waals surface area contributed by atoms with Gasteiger partial charge in [0.2, 0.25) is 23.6 Å². The van der Waals surface area contributed by atoms with Gasteiger partial charge in [-0.2, -0.15) is 0 Å². The zero-order valence-electron chi connectivity index (χ0n) is 72.2. The van der Waals surface area contributed by atoms with Gasteiger partial charge in [-0.3, -0.25) is 47.5 Å². The van der Waals surface area contributed by atoms with Gasteiger partial charge in [0.1, 0.15) is 30.2 Å². The topological polar surface area (TPSA) is 339 Å². The first-order valence-electron chi connectivity index (χ1n) is 43.9. The fourth-order valence-corrected chi connectivity index (χ4v) is 14.0. The van der Waals surface area contributed by atoms with Gasteiger partial charge in [-0.25, -0.2) is 0 Å². The third-order valence-corrected chi connectivity index (χ3v) is 21.0. The van der Waals surface area contributed by atoms with Crippen LogP contribution in [0.1, 0.15) is 382 Å². The van der Waals surface area contributed by atoms with Crippen molar-refractivity contribution in [2.75, 3.05) is 65.9 Å². The van der Waals surface area contributed by atoms with E-state index >= 15 is 0 Å². The van der Waals surface area contributed by atoms with Crippen LogP contribution in [0.3, 0.4) is 0 Å². The summed E-state index contributed by atoms with van der Waals surface area (Å²) in [5.41, 5.74) is 0. The molecule has 0 aliphatic heterocycles. The van der Waals surface area contributed by atoms with Crippen LogP contribution in [0.5, 0.6) is 0 Å². The molecule has 0 saturated carbocycles. The largest absolute Gasteiger partial charge is 1.00 e. The molecule has 0 aromatic rings. The van der Waals surface area contributed by atoms with Gasteiger partial charge >= 0.3 is 71.1 Å². The summed E-state index contributed by atoms with van der Waals surface area (Å²) in [6.45, 7) is 9.63. The minimum absolute atomic E-state index is 0. The number of nitrogens with one attached hydrogen (secondary N) is 4. The van der Waals surface area contributed by atoms with Crippen LogP contribution < -0.4 is 90.2 Å². The standard InChI is InChI=1S/C85H158N4O20P2.2Na/c1-7-13-19-25-29-33-37-43-47-53-76(90)67-82(94)88-74(70-102-63-59-78(55-49-41-23-17-11-5)108-84(96)57-51-45-39-35-31-27-21-15-9-3)72-106-110(98,99)104-65-61-86-80(92)69-81(93)87-62-66-105-111(100,101)107-73-75(89-83(95)68-77(91)54-48-44-38-34-30-26-20-14-8-2)71-103-64-60-79(56-50-42-24-18-12-6)109-85(97)58-52-46-40-36-32-28-22-16-10-4;;/h35-36,39-40,74-75,78-79H,7-34,37-38,41-73H2,1-6H3,(H,86,92)(H,87,93)(H,88,94)(H,89,95)(H,98,99)(H,100,101);;/q;2*+1/p-2/b39-35+,40-36+;;/t74-,75-,78+,79+;;/m0../s1. The molecule has 24 nitrogen and oxygen atoms in total. The number of hydrogen-bond acceptors (Lipinski definition) is 20. The zero-order chi connectivity index (χ0) is 81.8. The zero-order valence-corrected chi connectivity index (χ0v) is 78.0. The number of rotatable bonds is 84. The number of amides is 4. The summed E-state index contributed by atoms with van der Waals surface area (Å²) in [5.74, 6) is -3.98. The SMILES string of the molecule is CCCCCC/C=C/CCCC(=O)O[C@H](CCCCCCC)CCOC[C@@H](COP(=O)([O-])OCCNC(=O)CC(=O)NCCOP(=O)([O-])OC[C@H](COCC[C@@H](CCCCCCC)OC(=O)CCC/C=C/CCCCCC)NC(=O)CC(=O)CCCCCCCCCCC)NC(=O)CC(=O)CCCCCCCCCCC.[Na+].[Na+]. The molecule has 0 aliphatic rings. The molecule has 648 valence electrons. The summed E-state index contributed by atoms with van der Waals surface area (Å²) in [4.78, 5) is 130. The fraction of sp³-hybridized carbons (Fsp3) is 0.859. The van der Waals surface area contributed by atoms with Crippen molar-refractivity contribution in [3.05, 3.63) is 24.3 Å². The van der Waals surface area contributed by atoms with Crippen LogP contribution in [0, 0.1) is 0 Å². The first-order chi connectivity index (χ1) is 53.7. The summed E-state index contributed by atoms with van der Waals surface area (Å²) >= 11 is 0. The van der Waals surface area contributed by atoms with Gasteiger partial charge in [-0.15, -0.1) is 0 Å². The number of hydrogen-bond donors (Lipinski definition) is 4. The predicted octanol–water partition coefficient (Wildman–Crippen LogP) is 12.1. The minimum atomic E-state index is -5.08. The van der Waals surface area contributed by atoms with Gasteiger partial charge in [0.05, 0.1) is 77.8 Å². The Labute approximate surface area is 728 Å². The van der Waals surface area contributed by atoms with Crippen molar-refractivity contribution in [2.45, 2.75) is 406 Å². The summed E-state index contributed by atoms with van der Waals surface area (Å²) in [6.07, 6.45) is 53.3. The van der Waals surface area contributed by atoms with Crippen molar-refractivity contribution < 1.29 is 153 Å². The maximum absolute atomic E-state index is 13.2. The molecule has 0 fully saturated rings. The van der Waals surface area contributed by atoms with E-state index in [4.69, 9.17) is 37.0 Å². The average molecular weight is 1660 g/mol. The first kappa shape index (κ1) is 115. The summed E-state index contributed by atoms with van der Waals surface area (Å²) in [6, 6.07) is -2.09. The molecule has 0 radical (unpaired) electrons. The molecule has 0 aromatic carbocycles.